The Bertz CT molecular complexity index is 567. The highest BCUT2D eigenvalue weighted by Crippen LogP contribution is 2.35. The molecule has 3 nitrogen and oxygen atoms in total. The Morgan fingerprint density at radius 1 is 0.667 bits per heavy atom. The first kappa shape index (κ1) is 22.3. The van der Waals surface area contributed by atoms with Crippen LogP contribution in [0, 0.1) is 0 Å². The highest BCUT2D eigenvalue weighted by Gasteiger charge is 2.39. The van der Waals surface area contributed by atoms with Gasteiger partial charge in [-0.25, -0.2) is 0 Å². The number of benzene rings is 2. The van der Waals surface area contributed by atoms with Gasteiger partial charge in [0.2, 0.25) is 0 Å². The third kappa shape index (κ3) is 7.13. The lowest BCUT2D eigenvalue weighted by Gasteiger charge is -2.28. The molecule has 0 radical (unpaired) electrons. The summed E-state index contributed by atoms with van der Waals surface area (Å²) in [5.74, 6) is 0. The minimum Gasteiger partial charge on any atom is -0.374 e. The topological polar surface area (TPSA) is 27.7 Å². The Morgan fingerprint density at radius 2 is 1.11 bits per heavy atom. The lowest BCUT2D eigenvalue weighted by atomic mass is 10.4. The van der Waals surface area contributed by atoms with E-state index in [1.165, 1.54) is 16.8 Å². The van der Waals surface area contributed by atoms with Crippen molar-refractivity contribution in [3.8, 4) is 0 Å². The second-order valence-electron chi connectivity index (χ2n) is 6.26. The first-order valence-electron chi connectivity index (χ1n) is 10.0. The molecule has 2 aromatic rings. The van der Waals surface area contributed by atoms with Gasteiger partial charge in [-0.3, -0.25) is 0 Å². The van der Waals surface area contributed by atoms with E-state index in [-0.39, 0.29) is 7.92 Å². The molecule has 0 saturated heterocycles. The van der Waals surface area contributed by atoms with Crippen LogP contribution < -0.4 is 10.6 Å². The summed E-state index contributed by atoms with van der Waals surface area (Å²) >= 11 is 0. The minimum atomic E-state index is -2.52. The maximum Gasteiger partial charge on any atom is 0.500 e. The third-order valence-corrected chi connectivity index (χ3v) is 10.1. The van der Waals surface area contributed by atoms with Gasteiger partial charge in [0.05, 0.1) is 0 Å². The molecular weight excluding hydrogens is 371 g/mol. The molecule has 27 heavy (non-hydrogen) atoms. The van der Waals surface area contributed by atoms with Crippen LogP contribution in [-0.2, 0) is 13.3 Å². The van der Waals surface area contributed by atoms with Gasteiger partial charge in [0.25, 0.3) is 0 Å². The maximum atomic E-state index is 5.99. The zero-order valence-corrected chi connectivity index (χ0v) is 18.8. The molecule has 0 saturated carbocycles. The molecule has 0 amide bonds. The molecule has 5 heteroatoms. The van der Waals surface area contributed by atoms with Crippen LogP contribution in [-0.4, -0.2) is 34.8 Å². The van der Waals surface area contributed by atoms with E-state index in [9.17, 15) is 0 Å². The Balaban J connectivity index is 2.00. The van der Waals surface area contributed by atoms with Crippen LogP contribution >= 0.6 is 7.92 Å². The highest BCUT2D eigenvalue weighted by atomic mass is 31.1. The number of unbranched alkanes of at least 4 members (excludes halogenated alkanes) is 1. The molecule has 148 valence electrons. The van der Waals surface area contributed by atoms with E-state index >= 15 is 0 Å². The Labute approximate surface area is 167 Å². The van der Waals surface area contributed by atoms with Crippen molar-refractivity contribution in [3.63, 3.8) is 0 Å². The molecule has 0 aliphatic rings. The summed E-state index contributed by atoms with van der Waals surface area (Å²) in [5, 5.41) is 2.89. The van der Waals surface area contributed by atoms with Crippen LogP contribution in [0.3, 0.4) is 0 Å². The predicted molar refractivity (Wildman–Crippen MR) is 119 cm³/mol. The number of hydrogen-bond donors (Lipinski definition) is 0. The fraction of sp³-hybridized carbons (Fsp3) is 0.455. The number of rotatable bonds is 13. The van der Waals surface area contributed by atoms with E-state index in [1.54, 1.807) is 0 Å². The van der Waals surface area contributed by atoms with Crippen LogP contribution in [0.25, 0.3) is 0 Å². The van der Waals surface area contributed by atoms with Crippen molar-refractivity contribution in [1.82, 2.24) is 0 Å². The van der Waals surface area contributed by atoms with Crippen LogP contribution in [0.2, 0.25) is 6.04 Å². The summed E-state index contributed by atoms with van der Waals surface area (Å²) in [4.78, 5) is 0. The predicted octanol–water partition coefficient (Wildman–Crippen LogP) is 4.95. The quantitative estimate of drug-likeness (QED) is 0.269. The first-order chi connectivity index (χ1) is 13.2. The molecule has 0 heterocycles. The average Bonchev–Trinajstić information content (AvgIpc) is 2.70. The van der Waals surface area contributed by atoms with Gasteiger partial charge in [-0.1, -0.05) is 60.7 Å². The molecular formula is C22H33O3PSi. The zero-order chi connectivity index (χ0) is 19.4. The van der Waals surface area contributed by atoms with Crippen LogP contribution in [0.4, 0.5) is 0 Å². The van der Waals surface area contributed by atoms with E-state index in [1.807, 2.05) is 20.8 Å². The zero-order valence-electron chi connectivity index (χ0n) is 16.9. The largest absolute Gasteiger partial charge is 0.500 e. The fourth-order valence-corrected chi connectivity index (χ4v) is 8.34. The average molecular weight is 405 g/mol. The fourth-order valence-electron chi connectivity index (χ4n) is 3.24. The van der Waals surface area contributed by atoms with Gasteiger partial charge in [-0.15, -0.1) is 0 Å². The van der Waals surface area contributed by atoms with Crippen molar-refractivity contribution < 1.29 is 13.3 Å². The molecule has 0 N–H and O–H groups in total. The van der Waals surface area contributed by atoms with Crippen LogP contribution in [0.5, 0.6) is 0 Å². The van der Waals surface area contributed by atoms with Crippen LogP contribution in [0.1, 0.15) is 33.6 Å². The number of hydrogen-bond acceptors (Lipinski definition) is 3. The van der Waals surface area contributed by atoms with E-state index in [0.717, 1.165) is 18.9 Å². The van der Waals surface area contributed by atoms with Gasteiger partial charge >= 0.3 is 8.80 Å². The minimum absolute atomic E-state index is 0.329. The molecule has 0 spiro atoms. The third-order valence-electron chi connectivity index (χ3n) is 4.34. The van der Waals surface area contributed by atoms with Crippen molar-refractivity contribution in [2.75, 3.05) is 26.0 Å². The van der Waals surface area contributed by atoms with E-state index in [0.29, 0.717) is 19.8 Å². The Hall–Kier alpha value is -1.03. The SMILES string of the molecule is CCO[Si](CCCCP(c1ccccc1)c1ccccc1)(OCC)OCC. The molecule has 0 aromatic heterocycles. The van der Waals surface area contributed by atoms with Crippen molar-refractivity contribution in [3.05, 3.63) is 60.7 Å². The summed E-state index contributed by atoms with van der Waals surface area (Å²) in [6.45, 7) is 7.99. The smallest absolute Gasteiger partial charge is 0.374 e. The molecule has 0 bridgehead atoms. The molecule has 0 aliphatic carbocycles. The molecule has 0 atom stereocenters. The molecule has 0 aliphatic heterocycles. The highest BCUT2D eigenvalue weighted by molar-refractivity contribution is 7.73. The summed E-state index contributed by atoms with van der Waals surface area (Å²) in [6, 6.07) is 22.7. The molecule has 2 rings (SSSR count). The van der Waals surface area contributed by atoms with Gasteiger partial charge in [-0.2, -0.15) is 0 Å². The monoisotopic (exact) mass is 404 g/mol. The second-order valence-corrected chi connectivity index (χ2v) is 11.3. The standard InChI is InChI=1S/C22H33O3PSi/c1-4-23-27(24-5-2,25-6-3)20-14-13-19-26(21-15-9-7-10-16-21)22-17-11-8-12-18-22/h7-12,15-18H,4-6,13-14,19-20H2,1-3H3. The van der Waals surface area contributed by atoms with Crippen molar-refractivity contribution in [2.24, 2.45) is 0 Å². The van der Waals surface area contributed by atoms with Crippen molar-refractivity contribution >= 4 is 27.3 Å². The van der Waals surface area contributed by atoms with Gasteiger partial charge in [0.1, 0.15) is 0 Å². The molecule has 0 fully saturated rings. The summed E-state index contributed by atoms with van der Waals surface area (Å²) < 4.78 is 18.0. The van der Waals surface area contributed by atoms with E-state index in [2.05, 4.69) is 60.7 Å². The lowest BCUT2D eigenvalue weighted by Crippen LogP contribution is -2.45. The second kappa shape index (κ2) is 12.4. The molecule has 0 unspecified atom stereocenters. The normalized spacial score (nSPS) is 11.9. The van der Waals surface area contributed by atoms with Gasteiger partial charge in [-0.05, 0) is 58.3 Å². The van der Waals surface area contributed by atoms with Crippen LogP contribution in [0.15, 0.2) is 60.7 Å². The summed E-state index contributed by atoms with van der Waals surface area (Å²) in [6.07, 6.45) is 3.40. The Kier molecular flexibility index (Phi) is 10.2. The van der Waals surface area contributed by atoms with E-state index < -0.39 is 8.80 Å². The summed E-state index contributed by atoms with van der Waals surface area (Å²) in [7, 11) is -2.85. The van der Waals surface area contributed by atoms with Crippen molar-refractivity contribution in [1.29, 1.82) is 0 Å². The summed E-state index contributed by atoms with van der Waals surface area (Å²) in [5.41, 5.74) is 0. The lowest BCUT2D eigenvalue weighted by molar-refractivity contribution is 0.0708. The van der Waals surface area contributed by atoms with E-state index in [4.69, 9.17) is 13.3 Å². The Morgan fingerprint density at radius 3 is 1.52 bits per heavy atom. The first-order valence-corrected chi connectivity index (χ1v) is 13.5. The molecule has 2 aromatic carbocycles. The van der Waals surface area contributed by atoms with Gasteiger partial charge in [0.15, 0.2) is 0 Å². The van der Waals surface area contributed by atoms with Gasteiger partial charge < -0.3 is 13.3 Å². The van der Waals surface area contributed by atoms with Gasteiger partial charge in [0, 0.05) is 25.9 Å². The van der Waals surface area contributed by atoms with Crippen molar-refractivity contribution in [2.45, 2.75) is 39.7 Å². The maximum absolute atomic E-state index is 5.99.